The first-order valence-corrected chi connectivity index (χ1v) is 4.08. The molecule has 7 heteroatoms. The minimum absolute atomic E-state index is 0.0598. The van der Waals surface area contributed by atoms with Crippen LogP contribution in [-0.4, -0.2) is 16.1 Å². The van der Waals surface area contributed by atoms with Gasteiger partial charge in [-0.2, -0.15) is 18.3 Å². The Hall–Kier alpha value is -1.04. The van der Waals surface area contributed by atoms with E-state index in [1.807, 2.05) is 0 Å². The van der Waals surface area contributed by atoms with Crippen LogP contribution < -0.4 is 0 Å². The van der Waals surface area contributed by atoms with Gasteiger partial charge in [0, 0.05) is 6.54 Å². The Bertz CT molecular complexity index is 359. The van der Waals surface area contributed by atoms with Gasteiger partial charge in [0.15, 0.2) is 12.0 Å². The minimum atomic E-state index is -4.65. The average Bonchev–Trinajstić information content (AvgIpc) is 2.41. The molecule has 0 bridgehead atoms. The van der Waals surface area contributed by atoms with E-state index in [2.05, 4.69) is 5.10 Å². The average molecular weight is 227 g/mol. The van der Waals surface area contributed by atoms with Crippen molar-refractivity contribution in [2.75, 3.05) is 0 Å². The Morgan fingerprint density at radius 3 is 2.43 bits per heavy atom. The van der Waals surface area contributed by atoms with Gasteiger partial charge in [0.2, 0.25) is 0 Å². The summed E-state index contributed by atoms with van der Waals surface area (Å²) >= 11 is 5.51. The van der Waals surface area contributed by atoms with Crippen molar-refractivity contribution in [1.29, 1.82) is 0 Å². The lowest BCUT2D eigenvalue weighted by atomic mass is 10.2. The lowest BCUT2D eigenvalue weighted by Gasteiger charge is -2.01. The van der Waals surface area contributed by atoms with Crippen LogP contribution in [0.1, 0.15) is 23.0 Å². The smallest absolute Gasteiger partial charge is 0.298 e. The van der Waals surface area contributed by atoms with Crippen molar-refractivity contribution in [2.45, 2.75) is 19.6 Å². The van der Waals surface area contributed by atoms with Crippen molar-refractivity contribution in [3.05, 3.63) is 16.4 Å². The zero-order chi connectivity index (χ0) is 10.9. The predicted octanol–water partition coefficient (Wildman–Crippen LogP) is 2.39. The van der Waals surface area contributed by atoms with Crippen LogP contribution in [0.5, 0.6) is 0 Å². The molecule has 0 unspecified atom stereocenters. The molecule has 1 aromatic heterocycles. The Kier molecular flexibility index (Phi) is 2.84. The van der Waals surface area contributed by atoms with Crippen LogP contribution in [0.15, 0.2) is 0 Å². The van der Waals surface area contributed by atoms with E-state index in [-0.39, 0.29) is 18.0 Å². The lowest BCUT2D eigenvalue weighted by molar-refractivity contribution is -0.141. The van der Waals surface area contributed by atoms with Gasteiger partial charge in [-0.3, -0.25) is 9.48 Å². The molecule has 0 aromatic carbocycles. The second-order valence-corrected chi connectivity index (χ2v) is 2.84. The summed E-state index contributed by atoms with van der Waals surface area (Å²) in [4.78, 5) is 10.4. The van der Waals surface area contributed by atoms with Crippen molar-refractivity contribution in [3.63, 3.8) is 0 Å². The highest BCUT2D eigenvalue weighted by atomic mass is 35.5. The molecule has 1 rings (SSSR count). The molecule has 0 spiro atoms. The normalized spacial score (nSPS) is 11.8. The Labute approximate surface area is 82.5 Å². The molecule has 1 heterocycles. The van der Waals surface area contributed by atoms with E-state index < -0.39 is 17.4 Å². The van der Waals surface area contributed by atoms with Crippen LogP contribution >= 0.6 is 11.6 Å². The molecule has 0 amide bonds. The summed E-state index contributed by atoms with van der Waals surface area (Å²) in [6, 6.07) is 0. The summed E-state index contributed by atoms with van der Waals surface area (Å²) < 4.78 is 37.7. The summed E-state index contributed by atoms with van der Waals surface area (Å²) in [6.07, 6.45) is -4.59. The third kappa shape index (κ3) is 1.75. The summed E-state index contributed by atoms with van der Waals surface area (Å²) in [5.74, 6) is 0. The maximum atomic E-state index is 12.3. The molecule has 0 atom stereocenters. The molecule has 0 saturated heterocycles. The first-order valence-electron chi connectivity index (χ1n) is 3.70. The number of aldehydes is 1. The van der Waals surface area contributed by atoms with Crippen LogP contribution in [0.3, 0.4) is 0 Å². The van der Waals surface area contributed by atoms with Crippen LogP contribution in [0.25, 0.3) is 0 Å². The summed E-state index contributed by atoms with van der Waals surface area (Å²) in [7, 11) is 0. The van der Waals surface area contributed by atoms with Gasteiger partial charge in [-0.25, -0.2) is 0 Å². The molecule has 0 N–H and O–H groups in total. The molecular formula is C7H6ClF3N2O. The van der Waals surface area contributed by atoms with Gasteiger partial charge in [0.25, 0.3) is 0 Å². The van der Waals surface area contributed by atoms with E-state index in [9.17, 15) is 18.0 Å². The van der Waals surface area contributed by atoms with E-state index in [0.717, 1.165) is 4.68 Å². The summed E-state index contributed by atoms with van der Waals surface area (Å²) in [5.41, 5.74) is -1.85. The first kappa shape index (κ1) is 11.0. The van der Waals surface area contributed by atoms with Crippen molar-refractivity contribution < 1.29 is 18.0 Å². The van der Waals surface area contributed by atoms with Crippen LogP contribution in [0.4, 0.5) is 13.2 Å². The van der Waals surface area contributed by atoms with Gasteiger partial charge >= 0.3 is 6.18 Å². The van der Waals surface area contributed by atoms with Crippen LogP contribution in [-0.2, 0) is 12.7 Å². The minimum Gasteiger partial charge on any atom is -0.298 e. The highest BCUT2D eigenvalue weighted by Gasteiger charge is 2.38. The number of carbonyl (C=O) groups excluding carboxylic acids is 1. The number of hydrogen-bond acceptors (Lipinski definition) is 2. The predicted molar refractivity (Wildman–Crippen MR) is 43.3 cm³/mol. The topological polar surface area (TPSA) is 34.9 Å². The zero-order valence-electron chi connectivity index (χ0n) is 7.10. The van der Waals surface area contributed by atoms with Crippen molar-refractivity contribution in [2.24, 2.45) is 0 Å². The van der Waals surface area contributed by atoms with E-state index in [1.165, 1.54) is 0 Å². The number of aryl methyl sites for hydroxylation is 1. The van der Waals surface area contributed by atoms with Crippen LogP contribution in [0, 0.1) is 0 Å². The molecule has 0 saturated carbocycles. The Morgan fingerprint density at radius 2 is 2.14 bits per heavy atom. The van der Waals surface area contributed by atoms with Gasteiger partial charge < -0.3 is 0 Å². The van der Waals surface area contributed by atoms with Gasteiger partial charge in [-0.1, -0.05) is 11.6 Å². The third-order valence-electron chi connectivity index (χ3n) is 1.61. The maximum absolute atomic E-state index is 12.3. The van der Waals surface area contributed by atoms with Gasteiger partial charge in [-0.05, 0) is 6.92 Å². The fraction of sp³-hybridized carbons (Fsp3) is 0.429. The Morgan fingerprint density at radius 1 is 1.57 bits per heavy atom. The summed E-state index contributed by atoms with van der Waals surface area (Å²) in [6.45, 7) is 1.75. The first-order chi connectivity index (χ1) is 6.41. The number of halogens is 4. The largest absolute Gasteiger partial charge is 0.435 e. The monoisotopic (exact) mass is 226 g/mol. The van der Waals surface area contributed by atoms with Gasteiger partial charge in [0.05, 0.1) is 5.56 Å². The molecular weight excluding hydrogens is 221 g/mol. The van der Waals surface area contributed by atoms with Crippen LogP contribution in [0.2, 0.25) is 5.15 Å². The molecule has 0 aliphatic carbocycles. The standard InChI is InChI=1S/C7H6ClF3N2O/c1-2-13-6(8)4(3-14)5(12-13)7(9,10)11/h3H,2H2,1H3. The number of aromatic nitrogens is 2. The second kappa shape index (κ2) is 3.61. The number of carbonyl (C=O) groups is 1. The fourth-order valence-electron chi connectivity index (χ4n) is 0.979. The van der Waals surface area contributed by atoms with Crippen molar-refractivity contribution in [1.82, 2.24) is 9.78 Å². The maximum Gasteiger partial charge on any atom is 0.435 e. The quantitative estimate of drug-likeness (QED) is 0.726. The van der Waals surface area contributed by atoms with Gasteiger partial charge in [0.1, 0.15) is 5.15 Å². The molecule has 0 aliphatic rings. The highest BCUT2D eigenvalue weighted by molar-refractivity contribution is 6.32. The fourth-order valence-corrected chi connectivity index (χ4v) is 1.27. The molecule has 0 aliphatic heterocycles. The zero-order valence-corrected chi connectivity index (χ0v) is 7.85. The number of alkyl halides is 3. The SMILES string of the molecule is CCn1nc(C(F)(F)F)c(C=O)c1Cl. The van der Waals surface area contributed by atoms with E-state index in [0.29, 0.717) is 0 Å². The Balaban J connectivity index is 3.37. The van der Waals surface area contributed by atoms with Crippen molar-refractivity contribution >= 4 is 17.9 Å². The molecule has 1 aromatic rings. The molecule has 3 nitrogen and oxygen atoms in total. The molecule has 0 radical (unpaired) electrons. The molecule has 78 valence electrons. The number of hydrogen-bond donors (Lipinski definition) is 0. The third-order valence-corrected chi connectivity index (χ3v) is 2.01. The lowest BCUT2D eigenvalue weighted by Crippen LogP contribution is -2.09. The van der Waals surface area contributed by atoms with E-state index in [4.69, 9.17) is 11.6 Å². The van der Waals surface area contributed by atoms with Crippen molar-refractivity contribution in [3.8, 4) is 0 Å². The molecule has 14 heavy (non-hydrogen) atoms. The van der Waals surface area contributed by atoms with Gasteiger partial charge in [-0.15, -0.1) is 0 Å². The molecule has 0 fully saturated rings. The number of nitrogens with zero attached hydrogens (tertiary/aromatic N) is 2. The number of rotatable bonds is 2. The second-order valence-electron chi connectivity index (χ2n) is 2.48. The van der Waals surface area contributed by atoms with E-state index in [1.54, 1.807) is 6.92 Å². The highest BCUT2D eigenvalue weighted by Crippen LogP contribution is 2.33. The van der Waals surface area contributed by atoms with E-state index >= 15 is 0 Å². The summed E-state index contributed by atoms with van der Waals surface area (Å²) in [5, 5.41) is 2.92.